The van der Waals surface area contributed by atoms with Gasteiger partial charge in [-0.05, 0) is 30.4 Å². The van der Waals surface area contributed by atoms with E-state index in [0.717, 1.165) is 30.0 Å². The summed E-state index contributed by atoms with van der Waals surface area (Å²) in [4.78, 5) is 12.7. The topological polar surface area (TPSA) is 85.8 Å². The largest absolute Gasteiger partial charge is 0.368 e. The number of nitrogen functional groups attached to an aromatic ring is 1. The van der Waals surface area contributed by atoms with Crippen LogP contribution in [0.4, 0.5) is 5.95 Å². The van der Waals surface area contributed by atoms with E-state index in [9.17, 15) is 4.79 Å². The fourth-order valence-corrected chi connectivity index (χ4v) is 4.04. The van der Waals surface area contributed by atoms with E-state index in [-0.39, 0.29) is 17.7 Å². The minimum atomic E-state index is -0.0805. The Hall–Kier alpha value is -2.80. The van der Waals surface area contributed by atoms with Gasteiger partial charge in [0.25, 0.3) is 0 Å². The van der Waals surface area contributed by atoms with Crippen LogP contribution in [0, 0.1) is 0 Å². The van der Waals surface area contributed by atoms with Gasteiger partial charge in [0.1, 0.15) is 0 Å². The van der Waals surface area contributed by atoms with Crippen molar-refractivity contribution in [3.05, 3.63) is 71.8 Å². The fraction of sp³-hybridized carbons (Fsp3) is 0.286. The zero-order chi connectivity index (χ0) is 19.3. The van der Waals surface area contributed by atoms with Crippen LogP contribution in [0.15, 0.2) is 65.8 Å². The molecule has 3 N–H and O–H groups in total. The second kappa shape index (κ2) is 8.48. The normalized spacial score (nSPS) is 14.6. The molecule has 3 aromatic rings. The zero-order valence-corrected chi connectivity index (χ0v) is 16.3. The predicted molar refractivity (Wildman–Crippen MR) is 111 cm³/mol. The molecule has 1 saturated carbocycles. The number of thioether (sulfide) groups is 1. The SMILES string of the molecule is Nc1nnc(SCC(=O)NC(Cc2ccccc2)c2ccccc2)n1C1CC1. The third-order valence-electron chi connectivity index (χ3n) is 4.76. The number of carbonyl (C=O) groups excluding carboxylic acids is 1. The number of nitrogens with one attached hydrogen (secondary N) is 1. The number of hydrogen-bond donors (Lipinski definition) is 2. The standard InChI is InChI=1S/C21H23N5OS/c22-20-24-25-21(26(20)17-11-12-17)28-14-19(27)23-18(16-9-5-2-6-10-16)13-15-7-3-1-4-8-15/h1-10,17-18H,11-14H2,(H2,22,24)(H,23,27). The lowest BCUT2D eigenvalue weighted by molar-refractivity contribution is -0.119. The maximum Gasteiger partial charge on any atom is 0.230 e. The molecular weight excluding hydrogens is 370 g/mol. The van der Waals surface area contributed by atoms with Gasteiger partial charge in [-0.25, -0.2) is 0 Å². The number of rotatable bonds is 8. The molecule has 1 atom stereocenters. The number of carbonyl (C=O) groups is 1. The summed E-state index contributed by atoms with van der Waals surface area (Å²) < 4.78 is 1.94. The van der Waals surface area contributed by atoms with Crippen molar-refractivity contribution in [3.63, 3.8) is 0 Å². The lowest BCUT2D eigenvalue weighted by atomic mass is 9.99. The van der Waals surface area contributed by atoms with E-state index >= 15 is 0 Å². The highest BCUT2D eigenvalue weighted by molar-refractivity contribution is 7.99. The third kappa shape index (κ3) is 4.54. The van der Waals surface area contributed by atoms with Crippen LogP contribution in [0.25, 0.3) is 0 Å². The Morgan fingerprint density at radius 1 is 1.11 bits per heavy atom. The second-order valence-corrected chi connectivity index (χ2v) is 7.89. The minimum absolute atomic E-state index is 0.0290. The first-order valence-corrected chi connectivity index (χ1v) is 10.4. The van der Waals surface area contributed by atoms with Crippen molar-refractivity contribution in [1.82, 2.24) is 20.1 Å². The number of nitrogens with two attached hydrogens (primary N) is 1. The van der Waals surface area contributed by atoms with Crippen molar-refractivity contribution in [3.8, 4) is 0 Å². The summed E-state index contributed by atoms with van der Waals surface area (Å²) >= 11 is 1.39. The lowest BCUT2D eigenvalue weighted by Crippen LogP contribution is -2.31. The summed E-state index contributed by atoms with van der Waals surface area (Å²) in [5, 5.41) is 12.0. The molecule has 1 fully saturated rings. The highest BCUT2D eigenvalue weighted by atomic mass is 32.2. The molecule has 0 spiro atoms. The highest BCUT2D eigenvalue weighted by Gasteiger charge is 2.29. The van der Waals surface area contributed by atoms with Crippen LogP contribution in [0.5, 0.6) is 0 Å². The molecule has 1 aromatic heterocycles. The number of hydrogen-bond acceptors (Lipinski definition) is 5. The van der Waals surface area contributed by atoms with E-state index in [0.29, 0.717) is 12.0 Å². The molecule has 1 aliphatic carbocycles. The number of nitrogens with zero attached hydrogens (tertiary/aromatic N) is 3. The lowest BCUT2D eigenvalue weighted by Gasteiger charge is -2.19. The van der Waals surface area contributed by atoms with Gasteiger partial charge in [0.15, 0.2) is 5.16 Å². The van der Waals surface area contributed by atoms with E-state index in [4.69, 9.17) is 5.73 Å². The molecule has 144 valence electrons. The van der Waals surface area contributed by atoms with E-state index in [2.05, 4.69) is 27.6 Å². The Labute approximate surface area is 168 Å². The predicted octanol–water partition coefficient (Wildman–Crippen LogP) is 3.39. The van der Waals surface area contributed by atoms with Crippen molar-refractivity contribution in [1.29, 1.82) is 0 Å². The van der Waals surface area contributed by atoms with Crippen molar-refractivity contribution >= 4 is 23.6 Å². The molecule has 28 heavy (non-hydrogen) atoms. The Bertz CT molecular complexity index is 924. The van der Waals surface area contributed by atoms with Crippen LogP contribution >= 0.6 is 11.8 Å². The quantitative estimate of drug-likeness (QED) is 0.573. The average Bonchev–Trinajstić information content (AvgIpc) is 3.49. The third-order valence-corrected chi connectivity index (χ3v) is 5.70. The second-order valence-electron chi connectivity index (χ2n) is 6.95. The smallest absolute Gasteiger partial charge is 0.230 e. The Balaban J connectivity index is 1.42. The van der Waals surface area contributed by atoms with Gasteiger partial charge in [-0.2, -0.15) is 0 Å². The van der Waals surface area contributed by atoms with Crippen LogP contribution < -0.4 is 11.1 Å². The van der Waals surface area contributed by atoms with Gasteiger partial charge >= 0.3 is 0 Å². The molecule has 0 radical (unpaired) electrons. The van der Waals surface area contributed by atoms with Gasteiger partial charge in [-0.15, -0.1) is 10.2 Å². The zero-order valence-electron chi connectivity index (χ0n) is 15.5. The summed E-state index contributed by atoms with van der Waals surface area (Å²) in [6.45, 7) is 0. The van der Waals surface area contributed by atoms with Gasteiger partial charge in [0.2, 0.25) is 11.9 Å². The number of benzene rings is 2. The monoisotopic (exact) mass is 393 g/mol. The molecule has 0 saturated heterocycles. The number of anilines is 1. The summed E-state index contributed by atoms with van der Waals surface area (Å²) in [5.41, 5.74) is 8.19. The molecule has 1 heterocycles. The fourth-order valence-electron chi connectivity index (χ4n) is 3.22. The summed E-state index contributed by atoms with van der Waals surface area (Å²) in [7, 11) is 0. The highest BCUT2D eigenvalue weighted by Crippen LogP contribution is 2.39. The van der Waals surface area contributed by atoms with Crippen LogP contribution in [0.1, 0.15) is 36.1 Å². The molecule has 4 rings (SSSR count). The van der Waals surface area contributed by atoms with Crippen molar-refractivity contribution < 1.29 is 4.79 Å². The average molecular weight is 394 g/mol. The molecule has 1 unspecified atom stereocenters. The summed E-state index contributed by atoms with van der Waals surface area (Å²) in [6.07, 6.45) is 2.93. The molecule has 1 amide bonds. The first kappa shape index (κ1) is 18.6. The Morgan fingerprint density at radius 2 is 1.79 bits per heavy atom. The molecule has 7 heteroatoms. The molecule has 6 nitrogen and oxygen atoms in total. The molecule has 1 aliphatic rings. The Morgan fingerprint density at radius 3 is 2.46 bits per heavy atom. The maximum absolute atomic E-state index is 12.7. The molecule has 2 aromatic carbocycles. The maximum atomic E-state index is 12.7. The van der Waals surface area contributed by atoms with Crippen LogP contribution in [0.2, 0.25) is 0 Å². The number of amides is 1. The van der Waals surface area contributed by atoms with Gasteiger partial charge < -0.3 is 11.1 Å². The summed E-state index contributed by atoms with van der Waals surface area (Å²) in [5.74, 6) is 0.679. The van der Waals surface area contributed by atoms with Crippen LogP contribution in [-0.4, -0.2) is 26.4 Å². The van der Waals surface area contributed by atoms with Gasteiger partial charge in [0.05, 0.1) is 11.8 Å². The van der Waals surface area contributed by atoms with Gasteiger partial charge in [0, 0.05) is 6.04 Å². The molecular formula is C21H23N5OS. The number of aromatic nitrogens is 3. The van der Waals surface area contributed by atoms with Crippen molar-refractivity contribution in [2.75, 3.05) is 11.5 Å². The van der Waals surface area contributed by atoms with Crippen molar-refractivity contribution in [2.24, 2.45) is 0 Å². The van der Waals surface area contributed by atoms with E-state index < -0.39 is 0 Å². The Kier molecular flexibility index (Phi) is 5.62. The molecule has 0 bridgehead atoms. The minimum Gasteiger partial charge on any atom is -0.368 e. The van der Waals surface area contributed by atoms with E-state index in [1.54, 1.807) is 0 Å². The first-order chi connectivity index (χ1) is 13.7. The van der Waals surface area contributed by atoms with Gasteiger partial charge in [-0.3, -0.25) is 9.36 Å². The van der Waals surface area contributed by atoms with E-state index in [1.165, 1.54) is 17.3 Å². The first-order valence-electron chi connectivity index (χ1n) is 9.42. The molecule has 0 aliphatic heterocycles. The van der Waals surface area contributed by atoms with Crippen molar-refractivity contribution in [2.45, 2.75) is 36.5 Å². The van der Waals surface area contributed by atoms with Gasteiger partial charge in [-0.1, -0.05) is 72.4 Å². The van der Waals surface area contributed by atoms with E-state index in [1.807, 2.05) is 53.1 Å². The van der Waals surface area contributed by atoms with Crippen LogP contribution in [0.3, 0.4) is 0 Å². The summed E-state index contributed by atoms with van der Waals surface area (Å²) in [6, 6.07) is 20.6. The van der Waals surface area contributed by atoms with Crippen LogP contribution in [-0.2, 0) is 11.2 Å².